The van der Waals surface area contributed by atoms with Crippen LogP contribution in [0.3, 0.4) is 0 Å². The molecule has 0 aliphatic rings. The van der Waals surface area contributed by atoms with Gasteiger partial charge in [-0.2, -0.15) is 0 Å². The summed E-state index contributed by atoms with van der Waals surface area (Å²) in [6.45, 7) is 9.26. The fraction of sp³-hybridized carbons (Fsp3) is 0.364. The molecule has 0 aliphatic heterocycles. The summed E-state index contributed by atoms with van der Waals surface area (Å²) in [5, 5.41) is 3.28. The van der Waals surface area contributed by atoms with Crippen molar-refractivity contribution < 1.29 is 0 Å². The molecule has 1 heterocycles. The summed E-state index contributed by atoms with van der Waals surface area (Å²) in [7, 11) is 0. The second kappa shape index (κ2) is 4.65. The minimum Gasteiger partial charge on any atom is -0.385 e. The largest absolute Gasteiger partial charge is 0.385 e. The lowest BCUT2D eigenvalue weighted by Crippen LogP contribution is -2.17. The molecule has 0 aromatic carbocycles. The molecule has 2 heteroatoms. The van der Waals surface area contributed by atoms with Crippen molar-refractivity contribution in [3.63, 3.8) is 0 Å². The Balaban J connectivity index is 2.50. The summed E-state index contributed by atoms with van der Waals surface area (Å²) < 4.78 is 0. The highest BCUT2D eigenvalue weighted by Gasteiger charge is 1.97. The molecule has 0 unspecified atom stereocenters. The number of nitrogens with zero attached hydrogens (tertiary/aromatic N) is 1. The van der Waals surface area contributed by atoms with E-state index in [4.69, 9.17) is 0 Å². The van der Waals surface area contributed by atoms with Crippen LogP contribution in [-0.2, 0) is 0 Å². The Kier molecular flexibility index (Phi) is 3.50. The van der Waals surface area contributed by atoms with Crippen molar-refractivity contribution in [2.45, 2.75) is 13.8 Å². The summed E-state index contributed by atoms with van der Waals surface area (Å²) >= 11 is 0. The van der Waals surface area contributed by atoms with Gasteiger partial charge < -0.3 is 5.32 Å². The van der Waals surface area contributed by atoms with Gasteiger partial charge in [0.25, 0.3) is 0 Å². The topological polar surface area (TPSA) is 24.9 Å². The zero-order valence-electron chi connectivity index (χ0n) is 8.25. The Morgan fingerprint density at radius 3 is 2.62 bits per heavy atom. The highest BCUT2D eigenvalue weighted by molar-refractivity contribution is 5.60. The highest BCUT2D eigenvalue weighted by Crippen LogP contribution is 2.07. The van der Waals surface area contributed by atoms with Gasteiger partial charge in [0.2, 0.25) is 0 Å². The van der Waals surface area contributed by atoms with Crippen molar-refractivity contribution in [2.24, 2.45) is 5.92 Å². The van der Waals surface area contributed by atoms with Crippen LogP contribution in [0, 0.1) is 5.92 Å². The lowest BCUT2D eigenvalue weighted by atomic mass is 10.2. The van der Waals surface area contributed by atoms with Gasteiger partial charge in [0.1, 0.15) is 0 Å². The van der Waals surface area contributed by atoms with Crippen LogP contribution in [0.15, 0.2) is 31.1 Å². The van der Waals surface area contributed by atoms with Crippen molar-refractivity contribution in [1.29, 1.82) is 0 Å². The van der Waals surface area contributed by atoms with Gasteiger partial charge in [0, 0.05) is 30.2 Å². The smallest absolute Gasteiger partial charge is 0.0341 e. The van der Waals surface area contributed by atoms with Gasteiger partial charge in [0.05, 0.1) is 0 Å². The number of pyridine rings is 1. The van der Waals surface area contributed by atoms with E-state index in [9.17, 15) is 0 Å². The maximum Gasteiger partial charge on any atom is 0.0341 e. The van der Waals surface area contributed by atoms with Crippen molar-refractivity contribution in [3.8, 4) is 0 Å². The fourth-order valence-electron chi connectivity index (χ4n) is 0.982. The van der Waals surface area contributed by atoms with E-state index in [1.807, 2.05) is 12.1 Å². The number of rotatable bonds is 4. The van der Waals surface area contributed by atoms with Crippen LogP contribution >= 0.6 is 0 Å². The quantitative estimate of drug-likeness (QED) is 0.761. The zero-order chi connectivity index (χ0) is 9.68. The van der Waals surface area contributed by atoms with Gasteiger partial charge >= 0.3 is 0 Å². The Labute approximate surface area is 79.7 Å². The van der Waals surface area contributed by atoms with Crippen molar-refractivity contribution in [2.75, 3.05) is 6.54 Å². The third-order valence-electron chi connectivity index (χ3n) is 1.75. The average Bonchev–Trinajstić information content (AvgIpc) is 2.15. The molecule has 0 saturated carbocycles. The first kappa shape index (κ1) is 9.78. The van der Waals surface area contributed by atoms with Gasteiger partial charge in [-0.05, 0) is 18.1 Å². The van der Waals surface area contributed by atoms with Gasteiger partial charge in [0.15, 0.2) is 0 Å². The molecule has 1 aromatic heterocycles. The molecule has 1 aromatic rings. The fourth-order valence-corrected chi connectivity index (χ4v) is 0.982. The molecule has 70 valence electrons. The summed E-state index contributed by atoms with van der Waals surface area (Å²) in [6.07, 6.45) is 3.55. The molecule has 1 rings (SSSR count). The molecule has 0 aliphatic carbocycles. The maximum absolute atomic E-state index is 3.96. The van der Waals surface area contributed by atoms with E-state index in [1.165, 1.54) is 0 Å². The summed E-state index contributed by atoms with van der Waals surface area (Å²) in [4.78, 5) is 3.95. The predicted molar refractivity (Wildman–Crippen MR) is 56.1 cm³/mol. The SMILES string of the molecule is C=C(NCC(C)C)c1ccncc1. The van der Waals surface area contributed by atoms with E-state index in [1.54, 1.807) is 12.4 Å². The second-order valence-corrected chi connectivity index (χ2v) is 3.49. The van der Waals surface area contributed by atoms with Gasteiger partial charge in [-0.15, -0.1) is 0 Å². The normalized spacial score (nSPS) is 10.1. The van der Waals surface area contributed by atoms with Crippen LogP contribution in [0.25, 0.3) is 5.70 Å². The second-order valence-electron chi connectivity index (χ2n) is 3.49. The third-order valence-corrected chi connectivity index (χ3v) is 1.75. The maximum atomic E-state index is 3.96. The first-order valence-electron chi connectivity index (χ1n) is 4.53. The molecule has 0 atom stereocenters. The monoisotopic (exact) mass is 176 g/mol. The van der Waals surface area contributed by atoms with E-state index in [-0.39, 0.29) is 0 Å². The number of hydrogen-bond acceptors (Lipinski definition) is 2. The zero-order valence-corrected chi connectivity index (χ0v) is 8.25. The molecule has 0 spiro atoms. The summed E-state index contributed by atoms with van der Waals surface area (Å²) in [5.74, 6) is 0.638. The molecule has 0 fully saturated rings. The van der Waals surface area contributed by atoms with Gasteiger partial charge in [-0.25, -0.2) is 0 Å². The first-order valence-corrected chi connectivity index (χ1v) is 4.53. The summed E-state index contributed by atoms with van der Waals surface area (Å²) in [5.41, 5.74) is 2.08. The van der Waals surface area contributed by atoms with E-state index in [0.29, 0.717) is 5.92 Å². The van der Waals surface area contributed by atoms with Crippen LogP contribution in [0.5, 0.6) is 0 Å². The lowest BCUT2D eigenvalue weighted by Gasteiger charge is -2.11. The minimum absolute atomic E-state index is 0.638. The van der Waals surface area contributed by atoms with Crippen molar-refractivity contribution in [1.82, 2.24) is 10.3 Å². The van der Waals surface area contributed by atoms with Crippen LogP contribution in [0.4, 0.5) is 0 Å². The number of aromatic nitrogens is 1. The lowest BCUT2D eigenvalue weighted by molar-refractivity contribution is 0.618. The van der Waals surface area contributed by atoms with Crippen molar-refractivity contribution in [3.05, 3.63) is 36.7 Å². The van der Waals surface area contributed by atoms with Crippen LogP contribution < -0.4 is 5.32 Å². The Hall–Kier alpha value is -1.31. The summed E-state index contributed by atoms with van der Waals surface area (Å²) in [6, 6.07) is 3.91. The van der Waals surface area contributed by atoms with Crippen molar-refractivity contribution >= 4 is 5.70 Å². The molecule has 2 nitrogen and oxygen atoms in total. The van der Waals surface area contributed by atoms with Crippen LogP contribution in [-0.4, -0.2) is 11.5 Å². The molecular weight excluding hydrogens is 160 g/mol. The molecule has 0 saturated heterocycles. The Morgan fingerprint density at radius 2 is 2.08 bits per heavy atom. The molecule has 1 N–H and O–H groups in total. The molecular formula is C11H16N2. The van der Waals surface area contributed by atoms with Gasteiger partial charge in [-0.3, -0.25) is 4.98 Å². The highest BCUT2D eigenvalue weighted by atomic mass is 14.9. The predicted octanol–water partition coefficient (Wildman–Crippen LogP) is 2.30. The van der Waals surface area contributed by atoms with Crippen LogP contribution in [0.1, 0.15) is 19.4 Å². The minimum atomic E-state index is 0.638. The molecule has 0 bridgehead atoms. The number of nitrogens with one attached hydrogen (secondary N) is 1. The number of hydrogen-bond donors (Lipinski definition) is 1. The van der Waals surface area contributed by atoms with E-state index < -0.39 is 0 Å². The van der Waals surface area contributed by atoms with E-state index in [2.05, 4.69) is 30.7 Å². The van der Waals surface area contributed by atoms with E-state index in [0.717, 1.165) is 17.8 Å². The Morgan fingerprint density at radius 1 is 1.46 bits per heavy atom. The molecule has 0 radical (unpaired) electrons. The van der Waals surface area contributed by atoms with Crippen LogP contribution in [0.2, 0.25) is 0 Å². The first-order chi connectivity index (χ1) is 6.20. The average molecular weight is 176 g/mol. The third kappa shape index (κ3) is 3.28. The van der Waals surface area contributed by atoms with Gasteiger partial charge in [-0.1, -0.05) is 20.4 Å². The molecule has 13 heavy (non-hydrogen) atoms. The Bertz CT molecular complexity index is 265. The molecule has 0 amide bonds. The standard InChI is InChI=1S/C11H16N2/c1-9(2)8-13-10(3)11-4-6-12-7-5-11/h4-7,9,13H,3,8H2,1-2H3. The van der Waals surface area contributed by atoms with E-state index >= 15 is 0 Å².